The summed E-state index contributed by atoms with van der Waals surface area (Å²) in [6.45, 7) is 5.35. The SMILES string of the molecule is CCC(C)(C(=O)Nc1ccccc1)N(C(=O)CSc1nc2ccccc2s1)c1c(C)n(C)n(-c2ccccc2)c1=O. The number of amides is 2. The lowest BCUT2D eigenvalue weighted by Gasteiger charge is -2.38. The van der Waals surface area contributed by atoms with Crippen LogP contribution < -0.4 is 15.8 Å². The second-order valence-corrected chi connectivity index (χ2v) is 12.1. The number of thiazole rings is 1. The zero-order chi connectivity index (χ0) is 29.1. The lowest BCUT2D eigenvalue weighted by Crippen LogP contribution is -2.59. The number of hydrogen-bond donors (Lipinski definition) is 1. The highest BCUT2D eigenvalue weighted by atomic mass is 32.2. The molecule has 0 aliphatic rings. The minimum absolute atomic E-state index is 0.00708. The monoisotopic (exact) mass is 585 g/mol. The fourth-order valence-corrected chi connectivity index (χ4v) is 6.68. The van der Waals surface area contributed by atoms with Crippen LogP contribution in [-0.4, -0.2) is 37.5 Å². The number of aromatic nitrogens is 3. The summed E-state index contributed by atoms with van der Waals surface area (Å²) in [7, 11) is 1.78. The van der Waals surface area contributed by atoms with Crippen LogP contribution in [0.2, 0.25) is 0 Å². The fourth-order valence-electron chi connectivity index (χ4n) is 4.77. The topological polar surface area (TPSA) is 89.2 Å². The van der Waals surface area contributed by atoms with Crippen LogP contribution in [0.3, 0.4) is 0 Å². The number of para-hydroxylation sites is 3. The number of nitrogens with one attached hydrogen (secondary N) is 1. The maximum Gasteiger partial charge on any atom is 0.295 e. The first-order valence-corrected chi connectivity index (χ1v) is 15.1. The Balaban J connectivity index is 1.58. The van der Waals surface area contributed by atoms with E-state index in [1.54, 1.807) is 37.7 Å². The van der Waals surface area contributed by atoms with Crippen LogP contribution in [0.25, 0.3) is 15.9 Å². The minimum Gasteiger partial charge on any atom is -0.324 e. The molecule has 41 heavy (non-hydrogen) atoms. The first-order chi connectivity index (χ1) is 19.7. The van der Waals surface area contributed by atoms with Gasteiger partial charge < -0.3 is 5.32 Å². The summed E-state index contributed by atoms with van der Waals surface area (Å²) < 4.78 is 5.03. The van der Waals surface area contributed by atoms with Crippen molar-refractivity contribution in [1.29, 1.82) is 0 Å². The minimum atomic E-state index is -1.36. The van der Waals surface area contributed by atoms with Crippen molar-refractivity contribution in [3.63, 3.8) is 0 Å². The summed E-state index contributed by atoms with van der Waals surface area (Å²) in [5.41, 5.74) is 1.16. The Morgan fingerprint density at radius 3 is 2.29 bits per heavy atom. The van der Waals surface area contributed by atoms with Crippen molar-refractivity contribution in [2.45, 2.75) is 37.1 Å². The lowest BCUT2D eigenvalue weighted by atomic mass is 9.93. The number of nitrogens with zero attached hydrogens (tertiary/aromatic N) is 4. The Morgan fingerprint density at radius 1 is 1.00 bits per heavy atom. The average Bonchev–Trinajstić information content (AvgIpc) is 3.50. The van der Waals surface area contributed by atoms with Gasteiger partial charge in [-0.1, -0.05) is 67.2 Å². The second kappa shape index (κ2) is 11.8. The molecule has 10 heteroatoms. The third-order valence-corrected chi connectivity index (χ3v) is 9.46. The zero-order valence-corrected chi connectivity index (χ0v) is 25.0. The number of fused-ring (bicyclic) bond motifs is 1. The summed E-state index contributed by atoms with van der Waals surface area (Å²) >= 11 is 2.82. The lowest BCUT2D eigenvalue weighted by molar-refractivity contribution is -0.125. The smallest absolute Gasteiger partial charge is 0.295 e. The number of benzene rings is 3. The first kappa shape index (κ1) is 28.4. The van der Waals surface area contributed by atoms with Crippen molar-refractivity contribution in [2.75, 3.05) is 16.0 Å². The summed E-state index contributed by atoms with van der Waals surface area (Å²) in [6.07, 6.45) is 0.280. The summed E-state index contributed by atoms with van der Waals surface area (Å²) in [6, 6.07) is 26.2. The molecule has 210 valence electrons. The van der Waals surface area contributed by atoms with E-state index in [9.17, 15) is 14.4 Å². The van der Waals surface area contributed by atoms with Gasteiger partial charge in [0.15, 0.2) is 4.34 Å². The van der Waals surface area contributed by atoms with E-state index in [1.807, 2.05) is 79.7 Å². The van der Waals surface area contributed by atoms with Crippen LogP contribution in [-0.2, 0) is 16.6 Å². The molecule has 5 aromatic rings. The maximum atomic E-state index is 14.2. The van der Waals surface area contributed by atoms with Gasteiger partial charge in [-0.05, 0) is 56.7 Å². The van der Waals surface area contributed by atoms with E-state index in [0.29, 0.717) is 17.1 Å². The van der Waals surface area contributed by atoms with Crippen LogP contribution in [0.4, 0.5) is 11.4 Å². The van der Waals surface area contributed by atoms with E-state index in [-0.39, 0.29) is 35.2 Å². The Morgan fingerprint density at radius 2 is 1.63 bits per heavy atom. The molecule has 2 aromatic heterocycles. The Labute approximate surface area is 246 Å². The van der Waals surface area contributed by atoms with Crippen molar-refractivity contribution in [1.82, 2.24) is 14.3 Å². The highest BCUT2D eigenvalue weighted by Crippen LogP contribution is 2.33. The van der Waals surface area contributed by atoms with Gasteiger partial charge in [0.1, 0.15) is 11.2 Å². The van der Waals surface area contributed by atoms with Gasteiger partial charge in [-0.3, -0.25) is 24.0 Å². The molecular weight excluding hydrogens is 555 g/mol. The molecular formula is C31H31N5O3S2. The standard InChI is InChI=1S/C31H31N5O3S2/c1-5-31(3,29(39)32-22-14-8-6-9-15-22)35(26(37)20-40-30-33-24-18-12-13-19-25(24)41-30)27-21(2)34(4)36(28(27)38)23-16-10-7-11-17-23/h6-19H,5,20H2,1-4H3,(H,32,39). The van der Waals surface area contributed by atoms with E-state index < -0.39 is 5.54 Å². The molecule has 0 saturated carbocycles. The molecule has 1 unspecified atom stereocenters. The Bertz CT molecular complexity index is 1730. The number of carbonyl (C=O) groups is 2. The molecule has 0 fully saturated rings. The molecule has 0 aliphatic carbocycles. The summed E-state index contributed by atoms with van der Waals surface area (Å²) in [5.74, 6) is -0.723. The van der Waals surface area contributed by atoms with Crippen LogP contribution >= 0.6 is 23.1 Å². The number of hydrogen-bond acceptors (Lipinski definition) is 6. The molecule has 3 aromatic carbocycles. The van der Waals surface area contributed by atoms with Crippen LogP contribution in [0.1, 0.15) is 26.0 Å². The predicted molar refractivity (Wildman–Crippen MR) is 167 cm³/mol. The van der Waals surface area contributed by atoms with Crippen molar-refractivity contribution in [3.8, 4) is 5.69 Å². The summed E-state index contributed by atoms with van der Waals surface area (Å²) in [4.78, 5) is 48.3. The predicted octanol–water partition coefficient (Wildman–Crippen LogP) is 6.03. The van der Waals surface area contributed by atoms with Gasteiger partial charge in [-0.2, -0.15) is 0 Å². The number of anilines is 2. The third-order valence-electron chi connectivity index (χ3n) is 7.29. The Kier molecular flexibility index (Phi) is 8.14. The quantitative estimate of drug-likeness (QED) is 0.214. The van der Waals surface area contributed by atoms with E-state index in [0.717, 1.165) is 14.6 Å². The highest BCUT2D eigenvalue weighted by molar-refractivity contribution is 8.01. The molecule has 0 bridgehead atoms. The van der Waals surface area contributed by atoms with Crippen molar-refractivity contribution >= 4 is 56.5 Å². The fraction of sp³-hybridized carbons (Fsp3) is 0.226. The van der Waals surface area contributed by atoms with Gasteiger partial charge in [-0.15, -0.1) is 11.3 Å². The van der Waals surface area contributed by atoms with Crippen molar-refractivity contribution in [2.24, 2.45) is 7.05 Å². The Hall–Kier alpha value is -4.15. The molecule has 0 radical (unpaired) electrons. The zero-order valence-electron chi connectivity index (χ0n) is 23.3. The van der Waals surface area contributed by atoms with Crippen molar-refractivity contribution < 1.29 is 9.59 Å². The first-order valence-electron chi connectivity index (χ1n) is 13.3. The second-order valence-electron chi connectivity index (χ2n) is 9.82. The molecule has 0 spiro atoms. The van der Waals surface area contributed by atoms with Crippen LogP contribution in [0.15, 0.2) is 94.1 Å². The molecule has 5 rings (SSSR count). The number of thioether (sulfide) groups is 1. The molecule has 2 heterocycles. The molecule has 8 nitrogen and oxygen atoms in total. The van der Waals surface area contributed by atoms with E-state index >= 15 is 0 Å². The average molecular weight is 586 g/mol. The summed E-state index contributed by atoms with van der Waals surface area (Å²) in [5, 5.41) is 2.96. The van der Waals surface area contributed by atoms with Crippen molar-refractivity contribution in [3.05, 3.63) is 101 Å². The van der Waals surface area contributed by atoms with Gasteiger partial charge in [-0.25, -0.2) is 9.67 Å². The van der Waals surface area contributed by atoms with Gasteiger partial charge in [0.05, 0.1) is 27.4 Å². The van der Waals surface area contributed by atoms with Crippen LogP contribution in [0, 0.1) is 6.92 Å². The van der Waals surface area contributed by atoms with Gasteiger partial charge in [0.2, 0.25) is 11.8 Å². The molecule has 0 saturated heterocycles. The molecule has 1 atom stereocenters. The van der Waals surface area contributed by atoms with Gasteiger partial charge >= 0.3 is 0 Å². The number of rotatable bonds is 9. The largest absolute Gasteiger partial charge is 0.324 e. The van der Waals surface area contributed by atoms with Crippen LogP contribution in [0.5, 0.6) is 0 Å². The third kappa shape index (κ3) is 5.45. The molecule has 0 aliphatic heterocycles. The molecule has 2 amide bonds. The maximum absolute atomic E-state index is 14.2. The van der Waals surface area contributed by atoms with Gasteiger partial charge in [0.25, 0.3) is 5.56 Å². The van der Waals surface area contributed by atoms with E-state index in [4.69, 9.17) is 0 Å². The normalized spacial score (nSPS) is 12.7. The van der Waals surface area contributed by atoms with E-state index in [1.165, 1.54) is 32.7 Å². The highest BCUT2D eigenvalue weighted by Gasteiger charge is 2.44. The van der Waals surface area contributed by atoms with E-state index in [2.05, 4.69) is 10.3 Å². The number of carbonyl (C=O) groups excluding carboxylic acids is 2. The van der Waals surface area contributed by atoms with Gasteiger partial charge in [0, 0.05) is 12.7 Å². The molecule has 1 N–H and O–H groups in total.